The Labute approximate surface area is 156 Å². The Balaban J connectivity index is 1.46. The molecule has 0 radical (unpaired) electrons. The molecule has 1 aromatic heterocycles. The highest BCUT2D eigenvalue weighted by atomic mass is 16.5. The summed E-state index contributed by atoms with van der Waals surface area (Å²) >= 11 is 0. The highest BCUT2D eigenvalue weighted by Crippen LogP contribution is 2.26. The van der Waals surface area contributed by atoms with Gasteiger partial charge >= 0.3 is 0 Å². The Bertz CT molecular complexity index is 702. The molecule has 1 heterocycles. The van der Waals surface area contributed by atoms with Crippen molar-refractivity contribution in [2.75, 3.05) is 5.32 Å². The van der Waals surface area contributed by atoms with E-state index in [1.165, 1.54) is 12.8 Å². The van der Waals surface area contributed by atoms with Gasteiger partial charge in [-0.15, -0.1) is 0 Å². The zero-order valence-corrected chi connectivity index (χ0v) is 15.5. The fraction of sp³-hybridized carbons (Fsp3) is 0.455. The van der Waals surface area contributed by atoms with Crippen LogP contribution in [0.4, 0.5) is 5.69 Å². The second-order valence-electron chi connectivity index (χ2n) is 7.27. The first kappa shape index (κ1) is 18.6. The number of aromatic nitrogens is 1. The standard InChI is InChI=1S/C22H28N2O2/c1-17-6-4-10-21(14-17)26-16-18-7-5-9-20(15-18)24-22(25)12-11-19-8-2-3-13-23-19/h2-3,5,7-9,13,15,17,21H,4,6,10-12,14,16H2,1H3,(H,24,25). The monoisotopic (exact) mass is 352 g/mol. The highest BCUT2D eigenvalue weighted by molar-refractivity contribution is 5.90. The average Bonchev–Trinajstić information content (AvgIpc) is 2.66. The van der Waals surface area contributed by atoms with E-state index in [0.717, 1.165) is 35.7 Å². The second kappa shape index (κ2) is 9.48. The van der Waals surface area contributed by atoms with Crippen LogP contribution in [0, 0.1) is 5.92 Å². The molecule has 1 aliphatic carbocycles. The third-order valence-electron chi connectivity index (χ3n) is 4.92. The summed E-state index contributed by atoms with van der Waals surface area (Å²) in [4.78, 5) is 16.4. The molecule has 1 aliphatic rings. The highest BCUT2D eigenvalue weighted by Gasteiger charge is 2.19. The first-order valence-corrected chi connectivity index (χ1v) is 9.59. The number of anilines is 1. The van der Waals surface area contributed by atoms with Gasteiger partial charge in [-0.1, -0.05) is 38.0 Å². The molecule has 3 rings (SSSR count). The molecule has 2 unspecified atom stereocenters. The molecule has 1 N–H and O–H groups in total. The zero-order chi connectivity index (χ0) is 18.2. The predicted molar refractivity (Wildman–Crippen MR) is 104 cm³/mol. The van der Waals surface area contributed by atoms with Gasteiger partial charge in [0.05, 0.1) is 12.7 Å². The molecule has 1 fully saturated rings. The van der Waals surface area contributed by atoms with Crippen molar-refractivity contribution < 1.29 is 9.53 Å². The van der Waals surface area contributed by atoms with Crippen molar-refractivity contribution >= 4 is 11.6 Å². The molecule has 4 heteroatoms. The van der Waals surface area contributed by atoms with Crippen LogP contribution >= 0.6 is 0 Å². The Morgan fingerprint density at radius 3 is 2.96 bits per heavy atom. The van der Waals surface area contributed by atoms with Crippen LogP contribution in [0.15, 0.2) is 48.7 Å². The quantitative estimate of drug-likeness (QED) is 0.782. The molecule has 2 aromatic rings. The first-order valence-electron chi connectivity index (χ1n) is 9.59. The van der Waals surface area contributed by atoms with Gasteiger partial charge in [0.15, 0.2) is 0 Å². The van der Waals surface area contributed by atoms with E-state index in [4.69, 9.17) is 4.74 Å². The van der Waals surface area contributed by atoms with Crippen LogP contribution in [-0.2, 0) is 22.6 Å². The number of carbonyl (C=O) groups excluding carboxylic acids is 1. The molecule has 0 saturated heterocycles. The number of nitrogens with zero attached hydrogens (tertiary/aromatic N) is 1. The Hall–Kier alpha value is -2.20. The fourth-order valence-electron chi connectivity index (χ4n) is 3.49. The normalized spacial score (nSPS) is 19.9. The van der Waals surface area contributed by atoms with Gasteiger partial charge < -0.3 is 10.1 Å². The van der Waals surface area contributed by atoms with E-state index >= 15 is 0 Å². The number of hydrogen-bond donors (Lipinski definition) is 1. The molecule has 2 atom stereocenters. The summed E-state index contributed by atoms with van der Waals surface area (Å²) in [5.41, 5.74) is 2.87. The summed E-state index contributed by atoms with van der Waals surface area (Å²) < 4.78 is 6.08. The van der Waals surface area contributed by atoms with E-state index in [9.17, 15) is 4.79 Å². The van der Waals surface area contributed by atoms with Gasteiger partial charge in [0.25, 0.3) is 0 Å². The number of pyridine rings is 1. The average molecular weight is 352 g/mol. The van der Waals surface area contributed by atoms with Gasteiger partial charge in [-0.25, -0.2) is 0 Å². The van der Waals surface area contributed by atoms with Crippen molar-refractivity contribution in [2.45, 2.75) is 58.2 Å². The molecule has 1 aromatic carbocycles. The largest absolute Gasteiger partial charge is 0.374 e. The molecule has 1 saturated carbocycles. The number of benzene rings is 1. The van der Waals surface area contributed by atoms with E-state index in [1.54, 1.807) is 6.20 Å². The number of hydrogen-bond acceptors (Lipinski definition) is 3. The molecule has 1 amide bonds. The van der Waals surface area contributed by atoms with E-state index in [0.29, 0.717) is 25.6 Å². The summed E-state index contributed by atoms with van der Waals surface area (Å²) in [7, 11) is 0. The molecule has 26 heavy (non-hydrogen) atoms. The third-order valence-corrected chi connectivity index (χ3v) is 4.92. The summed E-state index contributed by atoms with van der Waals surface area (Å²) in [5, 5.41) is 2.98. The number of rotatable bonds is 7. The van der Waals surface area contributed by atoms with Crippen LogP contribution in [-0.4, -0.2) is 17.0 Å². The van der Waals surface area contributed by atoms with E-state index in [2.05, 4.69) is 23.3 Å². The molecule has 4 nitrogen and oxygen atoms in total. The fourth-order valence-corrected chi connectivity index (χ4v) is 3.49. The maximum absolute atomic E-state index is 12.2. The van der Waals surface area contributed by atoms with Crippen molar-refractivity contribution in [1.29, 1.82) is 0 Å². The van der Waals surface area contributed by atoms with Crippen molar-refractivity contribution in [1.82, 2.24) is 4.98 Å². The topological polar surface area (TPSA) is 51.2 Å². The van der Waals surface area contributed by atoms with Gasteiger partial charge in [0.1, 0.15) is 0 Å². The summed E-state index contributed by atoms with van der Waals surface area (Å²) in [6.45, 7) is 2.91. The number of amides is 1. The first-order chi connectivity index (χ1) is 12.7. The van der Waals surface area contributed by atoms with Gasteiger partial charge in [-0.3, -0.25) is 9.78 Å². The maximum Gasteiger partial charge on any atom is 0.224 e. The lowest BCUT2D eigenvalue weighted by Crippen LogP contribution is -2.21. The van der Waals surface area contributed by atoms with Gasteiger partial charge in [-0.2, -0.15) is 0 Å². The van der Waals surface area contributed by atoms with Crippen LogP contribution in [0.5, 0.6) is 0 Å². The van der Waals surface area contributed by atoms with E-state index < -0.39 is 0 Å². The minimum atomic E-state index is 0.00910. The smallest absolute Gasteiger partial charge is 0.224 e. The zero-order valence-electron chi connectivity index (χ0n) is 15.5. The van der Waals surface area contributed by atoms with Gasteiger partial charge in [0.2, 0.25) is 5.91 Å². The van der Waals surface area contributed by atoms with Gasteiger partial charge in [0, 0.05) is 24.0 Å². The predicted octanol–water partition coefficient (Wildman–Crippen LogP) is 4.75. The summed E-state index contributed by atoms with van der Waals surface area (Å²) in [6, 6.07) is 13.7. The Morgan fingerprint density at radius 2 is 2.15 bits per heavy atom. The summed E-state index contributed by atoms with van der Waals surface area (Å²) in [5.74, 6) is 0.772. The van der Waals surface area contributed by atoms with E-state index in [1.807, 2.05) is 36.4 Å². The SMILES string of the molecule is CC1CCCC(OCc2cccc(NC(=O)CCc3ccccn3)c2)C1. The molecule has 138 valence electrons. The van der Waals surface area contributed by atoms with Crippen LogP contribution < -0.4 is 5.32 Å². The van der Waals surface area contributed by atoms with Crippen molar-refractivity contribution in [2.24, 2.45) is 5.92 Å². The number of carbonyl (C=O) groups is 1. The lowest BCUT2D eigenvalue weighted by atomic mass is 9.89. The molecule has 0 bridgehead atoms. The van der Waals surface area contributed by atoms with Crippen LogP contribution in [0.1, 0.15) is 50.3 Å². The third kappa shape index (κ3) is 5.95. The second-order valence-corrected chi connectivity index (χ2v) is 7.27. The number of aryl methyl sites for hydroxylation is 1. The van der Waals surface area contributed by atoms with Crippen LogP contribution in [0.25, 0.3) is 0 Å². The minimum absolute atomic E-state index is 0.00910. The van der Waals surface area contributed by atoms with Crippen molar-refractivity contribution in [3.8, 4) is 0 Å². The van der Waals surface area contributed by atoms with Crippen LogP contribution in [0.3, 0.4) is 0 Å². The Kier molecular flexibility index (Phi) is 6.78. The van der Waals surface area contributed by atoms with Crippen LogP contribution in [0.2, 0.25) is 0 Å². The lowest BCUT2D eigenvalue weighted by molar-refractivity contribution is -0.116. The number of ether oxygens (including phenoxy) is 1. The molecule has 0 spiro atoms. The molecular weight excluding hydrogens is 324 g/mol. The maximum atomic E-state index is 12.2. The lowest BCUT2D eigenvalue weighted by Gasteiger charge is -2.26. The van der Waals surface area contributed by atoms with Crippen molar-refractivity contribution in [3.63, 3.8) is 0 Å². The number of nitrogens with one attached hydrogen (secondary N) is 1. The molecule has 0 aliphatic heterocycles. The Morgan fingerprint density at radius 1 is 1.23 bits per heavy atom. The summed E-state index contributed by atoms with van der Waals surface area (Å²) in [6.07, 6.45) is 8.10. The van der Waals surface area contributed by atoms with Crippen molar-refractivity contribution in [3.05, 3.63) is 59.9 Å². The molecular formula is C22H28N2O2. The minimum Gasteiger partial charge on any atom is -0.374 e. The van der Waals surface area contributed by atoms with E-state index in [-0.39, 0.29) is 5.91 Å². The van der Waals surface area contributed by atoms with Gasteiger partial charge in [-0.05, 0) is 55.0 Å².